The average molecular weight is 591 g/mol. The Bertz CT molecular complexity index is 1160. The van der Waals surface area contributed by atoms with E-state index in [1.165, 1.54) is 0 Å². The monoisotopic (exact) mass is 590 g/mol. The summed E-state index contributed by atoms with van der Waals surface area (Å²) in [5.41, 5.74) is -0.145. The van der Waals surface area contributed by atoms with Gasteiger partial charge in [0.15, 0.2) is 11.6 Å². The van der Waals surface area contributed by atoms with E-state index in [-0.39, 0.29) is 45.1 Å². The van der Waals surface area contributed by atoms with E-state index in [9.17, 15) is 19.5 Å². The Kier molecular flexibility index (Phi) is 5.23. The first-order valence-corrected chi connectivity index (χ1v) is 14.2. The summed E-state index contributed by atoms with van der Waals surface area (Å²) in [6, 6.07) is 0. The fourth-order valence-electron chi connectivity index (χ4n) is 9.21. The van der Waals surface area contributed by atoms with E-state index in [2.05, 4.69) is 70.2 Å². The second-order valence-corrected chi connectivity index (χ2v) is 15.1. The molecule has 0 saturated heterocycles. The standard InChI is InChI=1S/C30H39IO4/c1-25(2)21-8-9-30(7)22(28(21,5)16-19(31)23(25)33)20(32)14-17-18-15-27(4,24(34)35)11-10-26(18,3)12-13-29(17,30)6/h14-16,21-22H,8-13H2,1-7H3,(H,34,35)/t21-,22+,26+,27-,28-,29+,30+/m0/s1. The van der Waals surface area contributed by atoms with Gasteiger partial charge >= 0.3 is 5.97 Å². The first-order valence-electron chi connectivity index (χ1n) is 13.1. The van der Waals surface area contributed by atoms with Crippen LogP contribution in [0.25, 0.3) is 0 Å². The van der Waals surface area contributed by atoms with Crippen molar-refractivity contribution in [2.45, 2.75) is 87.0 Å². The molecule has 5 aliphatic rings. The number of carboxylic acid groups (broad SMARTS) is 1. The number of Topliss-reactive ketones (excluding diaryl/α,β-unsaturated/α-hetero) is 1. The maximum Gasteiger partial charge on any atom is 0.313 e. The molecular formula is C30H39IO4. The van der Waals surface area contributed by atoms with Crippen LogP contribution in [0.1, 0.15) is 87.0 Å². The molecule has 2 saturated carbocycles. The molecule has 1 N–H and O–H groups in total. The summed E-state index contributed by atoms with van der Waals surface area (Å²) in [7, 11) is 0. The van der Waals surface area contributed by atoms with Gasteiger partial charge in [-0.3, -0.25) is 14.4 Å². The van der Waals surface area contributed by atoms with Crippen LogP contribution >= 0.6 is 22.6 Å². The molecule has 7 atom stereocenters. The number of carbonyl (C=O) groups excluding carboxylic acids is 2. The third kappa shape index (κ3) is 2.99. The lowest BCUT2D eigenvalue weighted by Crippen LogP contribution is -2.64. The van der Waals surface area contributed by atoms with Gasteiger partial charge in [0.1, 0.15) is 0 Å². The van der Waals surface area contributed by atoms with Crippen molar-refractivity contribution < 1.29 is 19.5 Å². The summed E-state index contributed by atoms with van der Waals surface area (Å²) in [4.78, 5) is 39.6. The highest BCUT2D eigenvalue weighted by molar-refractivity contribution is 14.1. The van der Waals surface area contributed by atoms with E-state index < -0.39 is 16.8 Å². The van der Waals surface area contributed by atoms with Crippen molar-refractivity contribution in [3.8, 4) is 0 Å². The average Bonchev–Trinajstić information content (AvgIpc) is 2.74. The molecule has 190 valence electrons. The van der Waals surface area contributed by atoms with E-state index >= 15 is 0 Å². The van der Waals surface area contributed by atoms with Crippen molar-refractivity contribution in [1.82, 2.24) is 0 Å². The largest absolute Gasteiger partial charge is 0.481 e. The third-order valence-electron chi connectivity index (χ3n) is 11.8. The van der Waals surface area contributed by atoms with Crippen LogP contribution in [0.2, 0.25) is 0 Å². The Morgan fingerprint density at radius 3 is 2.17 bits per heavy atom. The number of rotatable bonds is 1. The molecule has 0 unspecified atom stereocenters. The molecule has 0 heterocycles. The Hall–Kier alpha value is -1.24. The molecule has 2 fully saturated rings. The van der Waals surface area contributed by atoms with Crippen LogP contribution < -0.4 is 0 Å². The molecule has 5 heteroatoms. The van der Waals surface area contributed by atoms with Crippen LogP contribution in [0, 0.1) is 44.3 Å². The molecule has 5 aliphatic carbocycles. The van der Waals surface area contributed by atoms with Gasteiger partial charge in [0.05, 0.1) is 8.99 Å². The Morgan fingerprint density at radius 2 is 1.54 bits per heavy atom. The lowest BCUT2D eigenvalue weighted by atomic mass is 9.35. The predicted octanol–water partition coefficient (Wildman–Crippen LogP) is 7.08. The molecule has 0 aromatic rings. The minimum Gasteiger partial charge on any atom is -0.481 e. The van der Waals surface area contributed by atoms with Crippen LogP contribution in [-0.4, -0.2) is 22.6 Å². The molecule has 0 spiro atoms. The Morgan fingerprint density at radius 1 is 0.914 bits per heavy atom. The van der Waals surface area contributed by atoms with Gasteiger partial charge in [0.25, 0.3) is 0 Å². The minimum absolute atomic E-state index is 0.0839. The Balaban J connectivity index is 1.72. The summed E-state index contributed by atoms with van der Waals surface area (Å²) in [5, 5.41) is 10.0. The van der Waals surface area contributed by atoms with Crippen molar-refractivity contribution >= 4 is 40.1 Å². The summed E-state index contributed by atoms with van der Waals surface area (Å²) in [6.45, 7) is 15.1. The third-order valence-corrected chi connectivity index (χ3v) is 12.6. The molecule has 0 amide bonds. The second kappa shape index (κ2) is 7.20. The minimum atomic E-state index is -0.898. The fourth-order valence-corrected chi connectivity index (χ4v) is 10.6. The number of ketones is 2. The lowest BCUT2D eigenvalue weighted by molar-refractivity contribution is -0.164. The highest BCUT2D eigenvalue weighted by Gasteiger charge is 2.69. The van der Waals surface area contributed by atoms with Crippen molar-refractivity contribution in [2.24, 2.45) is 44.3 Å². The predicted molar refractivity (Wildman–Crippen MR) is 145 cm³/mol. The normalized spacial score (nSPS) is 48.4. The highest BCUT2D eigenvalue weighted by Crippen LogP contribution is 2.73. The maximum absolute atomic E-state index is 14.2. The van der Waals surface area contributed by atoms with Crippen LogP contribution in [0.3, 0.4) is 0 Å². The smallest absolute Gasteiger partial charge is 0.313 e. The van der Waals surface area contributed by atoms with Gasteiger partial charge in [0.2, 0.25) is 0 Å². The topological polar surface area (TPSA) is 71.4 Å². The zero-order valence-electron chi connectivity index (χ0n) is 22.2. The molecule has 0 aromatic heterocycles. The molecule has 0 aromatic carbocycles. The van der Waals surface area contributed by atoms with Gasteiger partial charge in [-0.25, -0.2) is 0 Å². The molecule has 0 radical (unpaired) electrons. The van der Waals surface area contributed by atoms with E-state index in [0.29, 0.717) is 6.42 Å². The highest BCUT2D eigenvalue weighted by atomic mass is 127. The number of hydrogen-bond donors (Lipinski definition) is 1. The van der Waals surface area contributed by atoms with Crippen LogP contribution in [0.15, 0.2) is 33.0 Å². The molecule has 0 bridgehead atoms. The quantitative estimate of drug-likeness (QED) is 0.332. The van der Waals surface area contributed by atoms with E-state index in [1.54, 1.807) is 0 Å². The fraction of sp³-hybridized carbons (Fsp3) is 0.700. The number of carbonyl (C=O) groups is 3. The van der Waals surface area contributed by atoms with Crippen LogP contribution in [-0.2, 0) is 14.4 Å². The van der Waals surface area contributed by atoms with Gasteiger partial charge in [-0.1, -0.05) is 53.7 Å². The van der Waals surface area contributed by atoms with E-state index in [1.807, 2.05) is 19.1 Å². The van der Waals surface area contributed by atoms with E-state index in [4.69, 9.17) is 0 Å². The van der Waals surface area contributed by atoms with Gasteiger partial charge in [0, 0.05) is 16.7 Å². The number of aliphatic carboxylic acids is 1. The van der Waals surface area contributed by atoms with Gasteiger partial charge < -0.3 is 5.11 Å². The van der Waals surface area contributed by atoms with Crippen molar-refractivity contribution in [3.05, 3.63) is 33.0 Å². The summed E-state index contributed by atoms with van der Waals surface area (Å²) in [6.07, 6.45) is 11.3. The summed E-state index contributed by atoms with van der Waals surface area (Å²) in [5.74, 6) is -0.499. The van der Waals surface area contributed by atoms with Crippen molar-refractivity contribution in [3.63, 3.8) is 0 Å². The van der Waals surface area contributed by atoms with E-state index in [0.717, 1.165) is 46.8 Å². The van der Waals surface area contributed by atoms with Crippen LogP contribution in [0.4, 0.5) is 0 Å². The molecule has 35 heavy (non-hydrogen) atoms. The summed E-state index contributed by atoms with van der Waals surface area (Å²) >= 11 is 2.18. The van der Waals surface area contributed by atoms with Crippen LogP contribution in [0.5, 0.6) is 0 Å². The first kappa shape index (κ1) is 25.4. The number of hydrogen-bond acceptors (Lipinski definition) is 3. The first-order chi connectivity index (χ1) is 16.0. The molecular weight excluding hydrogens is 551 g/mol. The number of halogens is 1. The number of fused-ring (bicyclic) bond motifs is 7. The number of allylic oxidation sites excluding steroid dienone is 5. The molecule has 0 aliphatic heterocycles. The second-order valence-electron chi connectivity index (χ2n) is 14.0. The molecule has 5 rings (SSSR count). The zero-order valence-corrected chi connectivity index (χ0v) is 24.3. The van der Waals surface area contributed by atoms with Gasteiger partial charge in [-0.05, 0) is 107 Å². The molecule has 4 nitrogen and oxygen atoms in total. The van der Waals surface area contributed by atoms with Crippen molar-refractivity contribution in [1.29, 1.82) is 0 Å². The SMILES string of the molecule is CC1(C)C(=O)C(I)=C[C@]2(C)[C@H]3C(=O)C=C4C5=C[C@@](C)(C(=O)O)CC[C@]5(C)CC[C@@]4(C)[C@]3(C)CC[C@@H]12. The zero-order chi connectivity index (χ0) is 26.0. The number of carboxylic acids is 1. The van der Waals surface area contributed by atoms with Crippen molar-refractivity contribution in [2.75, 3.05) is 0 Å². The maximum atomic E-state index is 14.2. The van der Waals surface area contributed by atoms with Gasteiger partial charge in [-0.2, -0.15) is 0 Å². The summed E-state index contributed by atoms with van der Waals surface area (Å²) < 4.78 is 0.756. The Labute approximate surface area is 223 Å². The van der Waals surface area contributed by atoms with Gasteiger partial charge in [-0.15, -0.1) is 0 Å². The lowest BCUT2D eigenvalue weighted by Gasteiger charge is -2.68.